The van der Waals surface area contributed by atoms with Crippen LogP contribution in [0.15, 0.2) is 47.3 Å². The summed E-state index contributed by atoms with van der Waals surface area (Å²) in [5, 5.41) is 10.1. The third kappa shape index (κ3) is 2.11. The number of fused-ring (bicyclic) bond motifs is 1. The van der Waals surface area contributed by atoms with Gasteiger partial charge in [-0.25, -0.2) is 9.97 Å². The molecule has 0 bridgehead atoms. The second-order valence-electron chi connectivity index (χ2n) is 5.00. The summed E-state index contributed by atoms with van der Waals surface area (Å²) in [6.45, 7) is 3.52. The molecule has 0 amide bonds. The molecule has 0 saturated heterocycles. The quantitative estimate of drug-likeness (QED) is 0.763. The first-order chi connectivity index (χ1) is 9.05. The highest BCUT2D eigenvalue weighted by Gasteiger charge is 2.17. The predicted molar refractivity (Wildman–Crippen MR) is 72.5 cm³/mol. The lowest BCUT2D eigenvalue weighted by Gasteiger charge is -2.18. The average molecular weight is 254 g/mol. The number of aromatic nitrogens is 2. The Hall–Kier alpha value is -2.20. The van der Waals surface area contributed by atoms with Crippen LogP contribution >= 0.6 is 0 Å². The van der Waals surface area contributed by atoms with Crippen LogP contribution in [0.4, 0.5) is 0 Å². The standard InChI is InChI=1S/C15H14N2O2/c1-15(2,18)11-5-3-4-10(8-11)13-14-12(6-7-19-14)16-9-17-13/h3-9,18H,1-2H3. The van der Waals surface area contributed by atoms with Crippen molar-refractivity contribution in [2.45, 2.75) is 19.4 Å². The van der Waals surface area contributed by atoms with E-state index in [0.29, 0.717) is 5.58 Å². The Morgan fingerprint density at radius 2 is 2.00 bits per heavy atom. The van der Waals surface area contributed by atoms with Gasteiger partial charge in [0.15, 0.2) is 5.58 Å². The van der Waals surface area contributed by atoms with Crippen molar-refractivity contribution >= 4 is 11.1 Å². The molecule has 0 spiro atoms. The largest absolute Gasteiger partial charge is 0.460 e. The van der Waals surface area contributed by atoms with Gasteiger partial charge in [0.25, 0.3) is 0 Å². The van der Waals surface area contributed by atoms with Crippen molar-refractivity contribution in [1.29, 1.82) is 0 Å². The molecule has 1 N–H and O–H groups in total. The van der Waals surface area contributed by atoms with Gasteiger partial charge in [-0.1, -0.05) is 18.2 Å². The minimum Gasteiger partial charge on any atom is -0.460 e. The lowest BCUT2D eigenvalue weighted by Crippen LogP contribution is -2.15. The summed E-state index contributed by atoms with van der Waals surface area (Å²) < 4.78 is 5.44. The molecule has 3 aromatic rings. The Bertz CT molecular complexity index is 726. The van der Waals surface area contributed by atoms with E-state index in [2.05, 4.69) is 9.97 Å². The normalized spacial score (nSPS) is 11.9. The molecule has 0 aliphatic carbocycles. The van der Waals surface area contributed by atoms with Crippen LogP contribution in [0.3, 0.4) is 0 Å². The first-order valence-electron chi connectivity index (χ1n) is 6.07. The van der Waals surface area contributed by atoms with E-state index in [-0.39, 0.29) is 0 Å². The molecule has 0 radical (unpaired) electrons. The number of rotatable bonds is 2. The Labute approximate surface area is 110 Å². The van der Waals surface area contributed by atoms with Crippen LogP contribution in [0.1, 0.15) is 19.4 Å². The molecule has 4 heteroatoms. The van der Waals surface area contributed by atoms with Crippen LogP contribution < -0.4 is 0 Å². The Morgan fingerprint density at radius 3 is 2.79 bits per heavy atom. The number of aliphatic hydroxyl groups is 1. The molecular formula is C15H14N2O2. The van der Waals surface area contributed by atoms with Crippen LogP contribution in [0.5, 0.6) is 0 Å². The molecule has 3 rings (SSSR count). The van der Waals surface area contributed by atoms with Crippen LogP contribution in [-0.4, -0.2) is 15.1 Å². The molecule has 1 aromatic carbocycles. The van der Waals surface area contributed by atoms with Crippen molar-refractivity contribution in [2.75, 3.05) is 0 Å². The second kappa shape index (κ2) is 4.17. The molecule has 4 nitrogen and oxygen atoms in total. The zero-order valence-electron chi connectivity index (χ0n) is 10.8. The SMILES string of the molecule is CC(C)(O)c1cccc(-c2ncnc3ccoc23)c1. The molecule has 0 aliphatic rings. The number of hydrogen-bond donors (Lipinski definition) is 1. The minimum atomic E-state index is -0.884. The fraction of sp³-hybridized carbons (Fsp3) is 0.200. The van der Waals surface area contributed by atoms with E-state index in [1.54, 1.807) is 26.2 Å². The van der Waals surface area contributed by atoms with Gasteiger partial charge in [-0.3, -0.25) is 0 Å². The highest BCUT2D eigenvalue weighted by molar-refractivity contribution is 5.87. The highest BCUT2D eigenvalue weighted by atomic mass is 16.3. The second-order valence-corrected chi connectivity index (χ2v) is 5.00. The first-order valence-corrected chi connectivity index (χ1v) is 6.07. The van der Waals surface area contributed by atoms with E-state index in [1.807, 2.05) is 24.3 Å². The predicted octanol–water partition coefficient (Wildman–Crippen LogP) is 3.12. The molecule has 2 aromatic heterocycles. The maximum Gasteiger partial charge on any atom is 0.178 e. The number of benzene rings is 1. The minimum absolute atomic E-state index is 0.662. The fourth-order valence-electron chi connectivity index (χ4n) is 2.04. The van der Waals surface area contributed by atoms with Crippen molar-refractivity contribution in [3.05, 3.63) is 48.5 Å². The zero-order valence-corrected chi connectivity index (χ0v) is 10.8. The van der Waals surface area contributed by atoms with Gasteiger partial charge in [-0.2, -0.15) is 0 Å². The Morgan fingerprint density at radius 1 is 1.16 bits per heavy atom. The monoisotopic (exact) mass is 254 g/mol. The smallest absolute Gasteiger partial charge is 0.178 e. The summed E-state index contributed by atoms with van der Waals surface area (Å²) in [6, 6.07) is 9.47. The maximum atomic E-state index is 10.1. The lowest BCUT2D eigenvalue weighted by atomic mass is 9.95. The van der Waals surface area contributed by atoms with Gasteiger partial charge >= 0.3 is 0 Å². The Balaban J connectivity index is 2.19. The molecule has 19 heavy (non-hydrogen) atoms. The zero-order chi connectivity index (χ0) is 13.5. The third-order valence-corrected chi connectivity index (χ3v) is 3.09. The van der Waals surface area contributed by atoms with Crippen molar-refractivity contribution in [3.8, 4) is 11.3 Å². The van der Waals surface area contributed by atoms with Crippen molar-refractivity contribution in [3.63, 3.8) is 0 Å². The number of furan rings is 1. The van der Waals surface area contributed by atoms with Gasteiger partial charge in [-0.05, 0) is 25.5 Å². The van der Waals surface area contributed by atoms with Crippen molar-refractivity contribution < 1.29 is 9.52 Å². The van der Waals surface area contributed by atoms with E-state index in [4.69, 9.17) is 4.42 Å². The van der Waals surface area contributed by atoms with Crippen molar-refractivity contribution in [1.82, 2.24) is 9.97 Å². The highest BCUT2D eigenvalue weighted by Crippen LogP contribution is 2.29. The summed E-state index contributed by atoms with van der Waals surface area (Å²) in [4.78, 5) is 8.43. The van der Waals surface area contributed by atoms with E-state index < -0.39 is 5.60 Å². The van der Waals surface area contributed by atoms with Gasteiger partial charge in [0.2, 0.25) is 0 Å². The molecule has 0 unspecified atom stereocenters. The van der Waals surface area contributed by atoms with Crippen LogP contribution in [-0.2, 0) is 5.60 Å². The topological polar surface area (TPSA) is 59.2 Å². The van der Waals surface area contributed by atoms with Crippen LogP contribution in [0.25, 0.3) is 22.4 Å². The van der Waals surface area contributed by atoms with Crippen LogP contribution in [0, 0.1) is 0 Å². The van der Waals surface area contributed by atoms with E-state index >= 15 is 0 Å². The van der Waals surface area contributed by atoms with Crippen LogP contribution in [0.2, 0.25) is 0 Å². The molecule has 0 aliphatic heterocycles. The van der Waals surface area contributed by atoms with Crippen molar-refractivity contribution in [2.24, 2.45) is 0 Å². The van der Waals surface area contributed by atoms with Gasteiger partial charge < -0.3 is 9.52 Å². The van der Waals surface area contributed by atoms with Gasteiger partial charge in [0.05, 0.1) is 11.9 Å². The summed E-state index contributed by atoms with van der Waals surface area (Å²) in [7, 11) is 0. The molecular weight excluding hydrogens is 240 g/mol. The van der Waals surface area contributed by atoms with E-state index in [0.717, 1.165) is 22.3 Å². The molecule has 2 heterocycles. The van der Waals surface area contributed by atoms with Gasteiger partial charge in [0, 0.05) is 11.6 Å². The molecule has 96 valence electrons. The summed E-state index contributed by atoms with van der Waals surface area (Å²) >= 11 is 0. The Kier molecular flexibility index (Phi) is 2.61. The molecule has 0 atom stereocenters. The summed E-state index contributed by atoms with van der Waals surface area (Å²) in [6.07, 6.45) is 3.12. The van der Waals surface area contributed by atoms with Gasteiger partial charge in [0.1, 0.15) is 17.5 Å². The number of hydrogen-bond acceptors (Lipinski definition) is 4. The molecule has 0 fully saturated rings. The molecule has 0 saturated carbocycles. The maximum absolute atomic E-state index is 10.1. The van der Waals surface area contributed by atoms with Gasteiger partial charge in [-0.15, -0.1) is 0 Å². The first kappa shape index (κ1) is 11.9. The van der Waals surface area contributed by atoms with E-state index in [1.165, 1.54) is 6.33 Å². The summed E-state index contributed by atoms with van der Waals surface area (Å²) in [5.74, 6) is 0. The summed E-state index contributed by atoms with van der Waals surface area (Å²) in [5.41, 5.74) is 3.03. The lowest BCUT2D eigenvalue weighted by molar-refractivity contribution is 0.0786. The fourth-order valence-corrected chi connectivity index (χ4v) is 2.04. The van der Waals surface area contributed by atoms with E-state index in [9.17, 15) is 5.11 Å². The average Bonchev–Trinajstić information content (AvgIpc) is 2.86. The third-order valence-electron chi connectivity index (χ3n) is 3.09. The number of nitrogens with zero attached hydrogens (tertiary/aromatic N) is 2.